The highest BCUT2D eigenvalue weighted by Crippen LogP contribution is 2.19. The predicted octanol–water partition coefficient (Wildman–Crippen LogP) is 4.67. The highest BCUT2D eigenvalue weighted by molar-refractivity contribution is 7.99. The molecule has 2 aromatic carbocycles. The van der Waals surface area contributed by atoms with E-state index in [0.29, 0.717) is 0 Å². The van der Waals surface area contributed by atoms with E-state index >= 15 is 0 Å². The van der Waals surface area contributed by atoms with E-state index in [1.165, 1.54) is 10.5 Å². The van der Waals surface area contributed by atoms with Crippen molar-refractivity contribution >= 4 is 23.4 Å². The van der Waals surface area contributed by atoms with E-state index in [4.69, 9.17) is 11.6 Å². The first-order valence-corrected chi connectivity index (χ1v) is 6.63. The summed E-state index contributed by atoms with van der Waals surface area (Å²) in [6.07, 6.45) is 1.08. The highest BCUT2D eigenvalue weighted by atomic mass is 35.5. The Morgan fingerprint density at radius 1 is 0.875 bits per heavy atom. The van der Waals surface area contributed by atoms with Gasteiger partial charge in [-0.1, -0.05) is 41.9 Å². The lowest BCUT2D eigenvalue weighted by molar-refractivity contribution is 1.15. The van der Waals surface area contributed by atoms with Crippen LogP contribution in [0.1, 0.15) is 5.56 Å². The third-order valence-corrected chi connectivity index (χ3v) is 3.58. The number of aryl methyl sites for hydroxylation is 1. The summed E-state index contributed by atoms with van der Waals surface area (Å²) in [6, 6.07) is 18.6. The van der Waals surface area contributed by atoms with Crippen LogP contribution in [0.2, 0.25) is 5.02 Å². The maximum Gasteiger partial charge on any atom is 0.0406 e. The second-order valence-electron chi connectivity index (χ2n) is 3.54. The molecule has 0 fully saturated rings. The van der Waals surface area contributed by atoms with Gasteiger partial charge in [0, 0.05) is 15.7 Å². The van der Waals surface area contributed by atoms with Crippen LogP contribution >= 0.6 is 23.4 Å². The van der Waals surface area contributed by atoms with Gasteiger partial charge >= 0.3 is 0 Å². The molecule has 0 saturated heterocycles. The molecular weight excluding hydrogens is 236 g/mol. The van der Waals surface area contributed by atoms with Crippen LogP contribution in [0.4, 0.5) is 0 Å². The second-order valence-corrected chi connectivity index (χ2v) is 5.14. The molecule has 0 radical (unpaired) electrons. The summed E-state index contributed by atoms with van der Waals surface area (Å²) in [7, 11) is 0. The Morgan fingerprint density at radius 2 is 1.56 bits per heavy atom. The standard InChI is InChI=1S/C14H13ClS/c15-13-8-6-12(7-9-13)10-11-16-14-4-2-1-3-5-14/h1-9H,10-11H2. The summed E-state index contributed by atoms with van der Waals surface area (Å²) >= 11 is 7.72. The summed E-state index contributed by atoms with van der Waals surface area (Å²) in [5, 5.41) is 0.805. The average molecular weight is 249 g/mol. The normalized spacial score (nSPS) is 10.3. The first kappa shape index (κ1) is 11.6. The predicted molar refractivity (Wildman–Crippen MR) is 72.3 cm³/mol. The number of hydrogen-bond donors (Lipinski definition) is 0. The van der Waals surface area contributed by atoms with E-state index in [1.54, 1.807) is 0 Å². The summed E-state index contributed by atoms with van der Waals surface area (Å²) < 4.78 is 0. The van der Waals surface area contributed by atoms with Gasteiger partial charge < -0.3 is 0 Å². The molecule has 0 N–H and O–H groups in total. The van der Waals surface area contributed by atoms with E-state index in [2.05, 4.69) is 36.4 Å². The van der Waals surface area contributed by atoms with Crippen molar-refractivity contribution in [2.24, 2.45) is 0 Å². The van der Waals surface area contributed by atoms with Gasteiger partial charge in [-0.25, -0.2) is 0 Å². The Kier molecular flexibility index (Phi) is 4.32. The Bertz CT molecular complexity index is 422. The molecule has 0 heterocycles. The van der Waals surface area contributed by atoms with Gasteiger partial charge in [-0.2, -0.15) is 0 Å². The van der Waals surface area contributed by atoms with Crippen LogP contribution in [0.15, 0.2) is 59.5 Å². The quantitative estimate of drug-likeness (QED) is 0.709. The first-order valence-electron chi connectivity index (χ1n) is 5.27. The maximum absolute atomic E-state index is 5.84. The number of thioether (sulfide) groups is 1. The van der Waals surface area contributed by atoms with Crippen molar-refractivity contribution in [1.82, 2.24) is 0 Å². The molecule has 0 amide bonds. The summed E-state index contributed by atoms with van der Waals surface area (Å²) in [4.78, 5) is 1.33. The number of hydrogen-bond acceptors (Lipinski definition) is 1. The fourth-order valence-corrected chi connectivity index (χ4v) is 2.50. The van der Waals surface area contributed by atoms with E-state index in [1.807, 2.05) is 30.0 Å². The van der Waals surface area contributed by atoms with Crippen LogP contribution in [0.3, 0.4) is 0 Å². The third kappa shape index (κ3) is 3.58. The molecule has 0 saturated carbocycles. The minimum absolute atomic E-state index is 0.805. The molecule has 2 aromatic rings. The maximum atomic E-state index is 5.84. The molecule has 0 aliphatic rings. The Balaban J connectivity index is 1.82. The van der Waals surface area contributed by atoms with Crippen LogP contribution in [0, 0.1) is 0 Å². The molecule has 2 heteroatoms. The summed E-state index contributed by atoms with van der Waals surface area (Å²) in [5.74, 6) is 1.10. The fourth-order valence-electron chi connectivity index (χ4n) is 1.45. The second kappa shape index (κ2) is 5.97. The minimum atomic E-state index is 0.805. The van der Waals surface area contributed by atoms with Gasteiger partial charge in [0.15, 0.2) is 0 Å². The van der Waals surface area contributed by atoms with Crippen LogP contribution in [-0.4, -0.2) is 5.75 Å². The van der Waals surface area contributed by atoms with Crippen molar-refractivity contribution in [3.8, 4) is 0 Å². The van der Waals surface area contributed by atoms with Crippen molar-refractivity contribution in [2.75, 3.05) is 5.75 Å². The number of benzene rings is 2. The smallest absolute Gasteiger partial charge is 0.0406 e. The molecule has 0 unspecified atom stereocenters. The van der Waals surface area contributed by atoms with Crippen LogP contribution < -0.4 is 0 Å². The number of halogens is 1. The van der Waals surface area contributed by atoms with Crippen LogP contribution in [0.5, 0.6) is 0 Å². The fraction of sp³-hybridized carbons (Fsp3) is 0.143. The zero-order valence-electron chi connectivity index (χ0n) is 8.90. The molecular formula is C14H13ClS. The lowest BCUT2D eigenvalue weighted by Gasteiger charge is -2.02. The minimum Gasteiger partial charge on any atom is -0.126 e. The Labute approximate surface area is 106 Å². The first-order chi connectivity index (χ1) is 7.84. The Hall–Kier alpha value is -0.920. The van der Waals surface area contributed by atoms with Crippen molar-refractivity contribution in [2.45, 2.75) is 11.3 Å². The molecule has 0 atom stereocenters. The van der Waals surface area contributed by atoms with E-state index < -0.39 is 0 Å². The molecule has 0 nitrogen and oxygen atoms in total. The van der Waals surface area contributed by atoms with Gasteiger partial charge in [0.05, 0.1) is 0 Å². The molecule has 0 aromatic heterocycles. The van der Waals surface area contributed by atoms with Gasteiger partial charge in [-0.3, -0.25) is 0 Å². The molecule has 0 aliphatic heterocycles. The summed E-state index contributed by atoms with van der Waals surface area (Å²) in [6.45, 7) is 0. The van der Waals surface area contributed by atoms with Crippen LogP contribution in [-0.2, 0) is 6.42 Å². The van der Waals surface area contributed by atoms with E-state index in [9.17, 15) is 0 Å². The lowest BCUT2D eigenvalue weighted by atomic mass is 10.2. The van der Waals surface area contributed by atoms with Gasteiger partial charge in [0.1, 0.15) is 0 Å². The average Bonchev–Trinajstić information content (AvgIpc) is 2.33. The molecule has 0 bridgehead atoms. The van der Waals surface area contributed by atoms with Crippen molar-refractivity contribution in [3.05, 3.63) is 65.2 Å². The lowest BCUT2D eigenvalue weighted by Crippen LogP contribution is -1.87. The zero-order valence-corrected chi connectivity index (χ0v) is 10.5. The van der Waals surface area contributed by atoms with Crippen LogP contribution in [0.25, 0.3) is 0 Å². The topological polar surface area (TPSA) is 0 Å². The monoisotopic (exact) mass is 248 g/mol. The SMILES string of the molecule is Clc1ccc(CCSc2ccccc2)cc1. The molecule has 16 heavy (non-hydrogen) atoms. The summed E-state index contributed by atoms with van der Waals surface area (Å²) in [5.41, 5.74) is 1.34. The van der Waals surface area contributed by atoms with Crippen molar-refractivity contribution < 1.29 is 0 Å². The van der Waals surface area contributed by atoms with E-state index in [0.717, 1.165) is 17.2 Å². The zero-order chi connectivity index (χ0) is 11.2. The van der Waals surface area contributed by atoms with Gasteiger partial charge in [0.2, 0.25) is 0 Å². The Morgan fingerprint density at radius 3 is 2.25 bits per heavy atom. The molecule has 0 aliphatic carbocycles. The van der Waals surface area contributed by atoms with Crippen molar-refractivity contribution in [3.63, 3.8) is 0 Å². The van der Waals surface area contributed by atoms with Gasteiger partial charge in [0.25, 0.3) is 0 Å². The van der Waals surface area contributed by atoms with Crippen molar-refractivity contribution in [1.29, 1.82) is 0 Å². The molecule has 2 rings (SSSR count). The van der Waals surface area contributed by atoms with Gasteiger partial charge in [-0.05, 0) is 36.2 Å². The number of rotatable bonds is 4. The molecule has 82 valence electrons. The highest BCUT2D eigenvalue weighted by Gasteiger charge is 1.95. The largest absolute Gasteiger partial charge is 0.126 e. The molecule has 0 spiro atoms. The van der Waals surface area contributed by atoms with Gasteiger partial charge in [-0.15, -0.1) is 11.8 Å². The third-order valence-electron chi connectivity index (χ3n) is 2.32. The van der Waals surface area contributed by atoms with E-state index in [-0.39, 0.29) is 0 Å².